The number of anilines is 3. The third-order valence-corrected chi connectivity index (χ3v) is 11.0. The molecule has 0 saturated heterocycles. The van der Waals surface area contributed by atoms with Crippen LogP contribution < -0.4 is 4.90 Å². The van der Waals surface area contributed by atoms with Crippen LogP contribution in [0.4, 0.5) is 17.1 Å². The number of hydrogen-bond acceptors (Lipinski definition) is 3. The molecule has 0 radical (unpaired) electrons. The highest BCUT2D eigenvalue weighted by Gasteiger charge is 2.22. The van der Waals surface area contributed by atoms with Gasteiger partial charge in [-0.2, -0.15) is 0 Å². The Balaban J connectivity index is 1.29. The van der Waals surface area contributed by atoms with Gasteiger partial charge in [0.05, 0.1) is 8.43 Å². The van der Waals surface area contributed by atoms with Crippen molar-refractivity contribution in [3.8, 4) is 33.4 Å². The summed E-state index contributed by atoms with van der Waals surface area (Å²) < 4.78 is 28.9. The van der Waals surface area contributed by atoms with Crippen LogP contribution in [0.25, 0.3) is 75.5 Å². The lowest BCUT2D eigenvalue weighted by Gasteiger charge is -2.27. The quantitative estimate of drug-likeness (QED) is 0.175. The molecular formula is C48H31NOS. The Morgan fingerprint density at radius 2 is 1.00 bits per heavy atom. The van der Waals surface area contributed by atoms with Crippen LogP contribution in [-0.4, -0.2) is 0 Å². The molecule has 2 aromatic heterocycles. The maximum atomic E-state index is 10.3. The van der Waals surface area contributed by atoms with E-state index in [2.05, 4.69) is 91.0 Å². The first kappa shape index (κ1) is 27.4. The molecule has 3 heteroatoms. The molecule has 51 heavy (non-hydrogen) atoms. The molecule has 0 unspecified atom stereocenters. The summed E-state index contributed by atoms with van der Waals surface area (Å²) in [5, 5.41) is 4.37. The van der Waals surface area contributed by atoms with Gasteiger partial charge in [-0.3, -0.25) is 0 Å². The molecular weight excluding hydrogens is 639 g/mol. The Hall–Kier alpha value is -6.42. The summed E-state index contributed by atoms with van der Waals surface area (Å²) >= 11 is 1.77. The smallest absolute Gasteiger partial charge is 0.159 e. The molecule has 0 atom stereocenters. The molecule has 10 rings (SSSR count). The van der Waals surface area contributed by atoms with E-state index in [0.29, 0.717) is 11.3 Å². The number of fused-ring (bicyclic) bond motifs is 6. The first-order chi connectivity index (χ1) is 26.2. The largest absolute Gasteiger partial charge is 0.454 e. The molecule has 0 fully saturated rings. The van der Waals surface area contributed by atoms with Crippen molar-refractivity contribution in [2.75, 3.05) is 4.90 Å². The fourth-order valence-electron chi connectivity index (χ4n) is 7.35. The molecule has 0 amide bonds. The maximum Gasteiger partial charge on any atom is 0.159 e. The molecule has 0 aliphatic carbocycles. The minimum Gasteiger partial charge on any atom is -0.454 e. The van der Waals surface area contributed by atoms with Crippen LogP contribution in [-0.2, 0) is 0 Å². The van der Waals surface area contributed by atoms with E-state index in [0.717, 1.165) is 60.1 Å². The third kappa shape index (κ3) is 4.93. The lowest BCUT2D eigenvalue weighted by molar-refractivity contribution is 0.669. The van der Waals surface area contributed by atoms with Gasteiger partial charge in [0.15, 0.2) is 5.58 Å². The summed E-state index contributed by atoms with van der Waals surface area (Å²) in [5.41, 5.74) is 9.57. The maximum absolute atomic E-state index is 10.3. The highest BCUT2D eigenvalue weighted by molar-refractivity contribution is 7.26. The predicted octanol–water partition coefficient (Wildman–Crippen LogP) is 14.4. The predicted molar refractivity (Wildman–Crippen MR) is 218 cm³/mol. The Bertz CT molecular complexity index is 2970. The van der Waals surface area contributed by atoms with Gasteiger partial charge in [-0.1, -0.05) is 152 Å². The molecule has 2 heterocycles. The monoisotopic (exact) mass is 671 g/mol. The number of nitrogens with zero attached hydrogens (tertiary/aromatic N) is 1. The van der Waals surface area contributed by atoms with Crippen LogP contribution >= 0.6 is 11.3 Å². The van der Waals surface area contributed by atoms with E-state index < -0.39 is 0 Å². The zero-order chi connectivity index (χ0) is 35.5. The van der Waals surface area contributed by atoms with Crippen molar-refractivity contribution in [3.05, 3.63) is 188 Å². The molecule has 240 valence electrons. The van der Waals surface area contributed by atoms with E-state index in [1.54, 1.807) is 11.3 Å². The van der Waals surface area contributed by atoms with E-state index in [4.69, 9.17) is 4.42 Å². The second-order valence-corrected chi connectivity index (χ2v) is 13.7. The standard InChI is InChI=1S/C48H31NOS/c1-4-15-32(16-5-1)36-30-29-35(49(34-19-8-3-9-20-34)44-27-14-23-39-38-21-10-11-28-45(38)50-46(39)44)31-43(36)42-26-13-25-41-40-24-12-22-37(47(40)51-48(41)42)33-17-6-2-7-18-33/h1-31H/i29D,31D. The lowest BCUT2D eigenvalue weighted by atomic mass is 9.92. The number of thiophene rings is 1. The van der Waals surface area contributed by atoms with Gasteiger partial charge in [0.1, 0.15) is 5.58 Å². The molecule has 0 spiro atoms. The number of furan rings is 1. The van der Waals surface area contributed by atoms with Gasteiger partial charge >= 0.3 is 0 Å². The van der Waals surface area contributed by atoms with Crippen molar-refractivity contribution in [1.29, 1.82) is 0 Å². The van der Waals surface area contributed by atoms with Crippen molar-refractivity contribution in [2.24, 2.45) is 0 Å². The van der Waals surface area contributed by atoms with Gasteiger partial charge in [-0.05, 0) is 64.2 Å². The normalized spacial score (nSPS) is 12.1. The first-order valence-electron chi connectivity index (χ1n) is 18.1. The van der Waals surface area contributed by atoms with E-state index >= 15 is 0 Å². The lowest BCUT2D eigenvalue weighted by Crippen LogP contribution is -2.10. The van der Waals surface area contributed by atoms with Crippen LogP contribution in [0.1, 0.15) is 2.74 Å². The van der Waals surface area contributed by atoms with Crippen LogP contribution in [0.3, 0.4) is 0 Å². The topological polar surface area (TPSA) is 16.4 Å². The molecule has 0 N–H and O–H groups in total. The summed E-state index contributed by atoms with van der Waals surface area (Å²) in [7, 11) is 0. The SMILES string of the molecule is [2H]c1cc(-c2ccccc2)c(-c2cccc3c2sc2c(-c4ccccc4)cccc23)c([2H])c1N(c1ccccc1)c1cccc2c1oc1ccccc12. The summed E-state index contributed by atoms with van der Waals surface area (Å²) in [6.07, 6.45) is 0. The third-order valence-electron chi connectivity index (χ3n) is 9.69. The zero-order valence-corrected chi connectivity index (χ0v) is 28.3. The Kier molecular flexibility index (Phi) is 6.54. The average molecular weight is 672 g/mol. The summed E-state index contributed by atoms with van der Waals surface area (Å²) in [5.74, 6) is 0. The van der Waals surface area contributed by atoms with Crippen molar-refractivity contribution in [1.82, 2.24) is 0 Å². The van der Waals surface area contributed by atoms with Gasteiger partial charge in [-0.25, -0.2) is 0 Å². The summed E-state index contributed by atoms with van der Waals surface area (Å²) in [6, 6.07) is 60.4. The molecule has 0 aliphatic heterocycles. The molecule has 0 bridgehead atoms. The van der Waals surface area contributed by atoms with Gasteiger partial charge in [0, 0.05) is 47.9 Å². The summed E-state index contributed by atoms with van der Waals surface area (Å²) in [6.45, 7) is 0. The Morgan fingerprint density at radius 1 is 0.431 bits per heavy atom. The molecule has 10 aromatic rings. The van der Waals surface area contributed by atoms with Gasteiger partial charge in [-0.15, -0.1) is 11.3 Å². The Morgan fingerprint density at radius 3 is 1.75 bits per heavy atom. The number of benzene rings is 8. The zero-order valence-electron chi connectivity index (χ0n) is 29.5. The van der Waals surface area contributed by atoms with Crippen molar-refractivity contribution in [3.63, 3.8) is 0 Å². The van der Waals surface area contributed by atoms with Crippen molar-refractivity contribution >= 4 is 70.5 Å². The number of para-hydroxylation sites is 3. The Labute approximate surface area is 302 Å². The highest BCUT2D eigenvalue weighted by atomic mass is 32.1. The highest BCUT2D eigenvalue weighted by Crippen LogP contribution is 2.48. The van der Waals surface area contributed by atoms with Gasteiger partial charge in [0.2, 0.25) is 0 Å². The van der Waals surface area contributed by atoms with Crippen LogP contribution in [0.15, 0.2) is 192 Å². The van der Waals surface area contributed by atoms with E-state index in [1.807, 2.05) is 89.8 Å². The van der Waals surface area contributed by atoms with Gasteiger partial charge in [0.25, 0.3) is 0 Å². The molecule has 8 aromatic carbocycles. The fraction of sp³-hybridized carbons (Fsp3) is 0. The fourth-order valence-corrected chi connectivity index (χ4v) is 8.70. The molecule has 2 nitrogen and oxygen atoms in total. The number of rotatable bonds is 6. The van der Waals surface area contributed by atoms with E-state index in [9.17, 15) is 2.74 Å². The second-order valence-electron chi connectivity index (χ2n) is 12.7. The minimum absolute atomic E-state index is 0.254. The molecule has 0 aliphatic rings. The first-order valence-corrected chi connectivity index (χ1v) is 17.9. The van der Waals surface area contributed by atoms with Crippen molar-refractivity contribution < 1.29 is 7.16 Å². The summed E-state index contributed by atoms with van der Waals surface area (Å²) in [4.78, 5) is 2.03. The minimum atomic E-state index is 0.254. The average Bonchev–Trinajstić information content (AvgIpc) is 3.80. The van der Waals surface area contributed by atoms with Crippen LogP contribution in [0.5, 0.6) is 0 Å². The second kappa shape index (κ2) is 12.2. The van der Waals surface area contributed by atoms with E-state index in [-0.39, 0.29) is 12.1 Å². The molecule has 0 saturated carbocycles. The van der Waals surface area contributed by atoms with Gasteiger partial charge < -0.3 is 9.32 Å². The van der Waals surface area contributed by atoms with Crippen molar-refractivity contribution in [2.45, 2.75) is 0 Å². The van der Waals surface area contributed by atoms with E-state index in [1.165, 1.54) is 21.2 Å². The number of hydrogen-bond donors (Lipinski definition) is 0. The van der Waals surface area contributed by atoms with Crippen LogP contribution in [0.2, 0.25) is 0 Å². The van der Waals surface area contributed by atoms with Crippen LogP contribution in [0, 0.1) is 0 Å².